The minimum atomic E-state index is -0.844. The van der Waals surface area contributed by atoms with Crippen LogP contribution in [0.2, 0.25) is 0 Å². The Balaban J connectivity index is 1.85. The molecular weight excluding hydrogens is 304 g/mol. The molecule has 1 aromatic rings. The van der Waals surface area contributed by atoms with Crippen molar-refractivity contribution in [3.8, 4) is 5.75 Å². The summed E-state index contributed by atoms with van der Waals surface area (Å²) in [6.45, 7) is 5.23. The lowest BCUT2D eigenvalue weighted by Gasteiger charge is -2.35. The molecule has 0 unspecified atom stereocenters. The summed E-state index contributed by atoms with van der Waals surface area (Å²) in [5.41, 5.74) is 0.0599. The fourth-order valence-electron chi connectivity index (χ4n) is 3.29. The highest BCUT2D eigenvalue weighted by Gasteiger charge is 2.37. The molecule has 134 valence electrons. The van der Waals surface area contributed by atoms with E-state index in [1.165, 1.54) is 0 Å². The van der Waals surface area contributed by atoms with Gasteiger partial charge < -0.3 is 14.6 Å². The Kier molecular flexibility index (Phi) is 7.10. The zero-order chi connectivity index (χ0) is 17.4. The van der Waals surface area contributed by atoms with Crippen LogP contribution in [0.15, 0.2) is 24.3 Å². The van der Waals surface area contributed by atoms with Gasteiger partial charge in [-0.15, -0.1) is 0 Å². The van der Waals surface area contributed by atoms with Crippen molar-refractivity contribution in [1.82, 2.24) is 0 Å². The van der Waals surface area contributed by atoms with Crippen LogP contribution in [-0.2, 0) is 15.1 Å². The maximum Gasteiger partial charge on any atom is 0.308 e. The summed E-state index contributed by atoms with van der Waals surface area (Å²) in [5.74, 6) is 0.642. The van der Waals surface area contributed by atoms with Crippen LogP contribution in [0.1, 0.15) is 64.4 Å². The second kappa shape index (κ2) is 9.07. The Labute approximate surface area is 145 Å². The third-order valence-corrected chi connectivity index (χ3v) is 4.84. The third-order valence-electron chi connectivity index (χ3n) is 4.84. The molecule has 0 amide bonds. The third kappa shape index (κ3) is 4.97. The van der Waals surface area contributed by atoms with Gasteiger partial charge in [-0.3, -0.25) is 4.79 Å². The van der Waals surface area contributed by atoms with E-state index in [-0.39, 0.29) is 11.9 Å². The topological polar surface area (TPSA) is 55.8 Å². The highest BCUT2D eigenvalue weighted by atomic mass is 16.5. The molecule has 4 heteroatoms. The van der Waals surface area contributed by atoms with E-state index in [0.29, 0.717) is 38.9 Å². The van der Waals surface area contributed by atoms with Crippen LogP contribution in [0.3, 0.4) is 0 Å². The van der Waals surface area contributed by atoms with Gasteiger partial charge in [0.05, 0.1) is 24.7 Å². The van der Waals surface area contributed by atoms with E-state index in [4.69, 9.17) is 9.47 Å². The van der Waals surface area contributed by atoms with Gasteiger partial charge in [0, 0.05) is 0 Å². The second-order valence-electron chi connectivity index (χ2n) is 6.64. The molecule has 1 saturated carbocycles. The molecule has 1 fully saturated rings. The summed E-state index contributed by atoms with van der Waals surface area (Å²) >= 11 is 0. The summed E-state index contributed by atoms with van der Waals surface area (Å²) in [6, 6.07) is 7.64. The van der Waals surface area contributed by atoms with E-state index in [2.05, 4.69) is 6.92 Å². The molecule has 0 radical (unpaired) electrons. The van der Waals surface area contributed by atoms with E-state index >= 15 is 0 Å². The Hall–Kier alpha value is -1.55. The zero-order valence-corrected chi connectivity index (χ0v) is 14.9. The fraction of sp³-hybridized carbons (Fsp3) is 0.650. The standard InChI is InChI=1S/C20H30O4/c1-3-5-6-15-24-19(21)16-11-13-20(22,14-12-16)17-7-9-18(10-8-17)23-4-2/h7-10,16,22H,3-6,11-15H2,1-2H3. The minimum Gasteiger partial charge on any atom is -0.494 e. The quantitative estimate of drug-likeness (QED) is 0.572. The lowest BCUT2D eigenvalue weighted by Crippen LogP contribution is -2.34. The highest BCUT2D eigenvalue weighted by Crippen LogP contribution is 2.40. The number of carbonyl (C=O) groups is 1. The maximum atomic E-state index is 12.1. The van der Waals surface area contributed by atoms with Crippen LogP contribution >= 0.6 is 0 Å². The lowest BCUT2D eigenvalue weighted by molar-refractivity contribution is -0.152. The summed E-state index contributed by atoms with van der Waals surface area (Å²) in [4.78, 5) is 12.1. The first kappa shape index (κ1) is 18.8. The van der Waals surface area contributed by atoms with Gasteiger partial charge in [0.15, 0.2) is 0 Å². The lowest BCUT2D eigenvalue weighted by atomic mass is 9.75. The van der Waals surface area contributed by atoms with Gasteiger partial charge in [0.2, 0.25) is 0 Å². The summed E-state index contributed by atoms with van der Waals surface area (Å²) in [7, 11) is 0. The number of carbonyl (C=O) groups excluding carboxylic acids is 1. The van der Waals surface area contributed by atoms with Crippen molar-refractivity contribution < 1.29 is 19.4 Å². The van der Waals surface area contributed by atoms with Crippen molar-refractivity contribution in [3.63, 3.8) is 0 Å². The Bertz CT molecular complexity index is 501. The van der Waals surface area contributed by atoms with Crippen molar-refractivity contribution in [2.45, 2.75) is 64.4 Å². The molecule has 1 aliphatic rings. The summed E-state index contributed by atoms with van der Waals surface area (Å²) in [5, 5.41) is 10.9. The molecule has 0 bridgehead atoms. The summed E-state index contributed by atoms with van der Waals surface area (Å²) in [6.07, 6.45) is 5.69. The molecular formula is C20H30O4. The van der Waals surface area contributed by atoms with Crippen molar-refractivity contribution >= 4 is 5.97 Å². The van der Waals surface area contributed by atoms with E-state index < -0.39 is 5.60 Å². The molecule has 24 heavy (non-hydrogen) atoms. The molecule has 4 nitrogen and oxygen atoms in total. The van der Waals surface area contributed by atoms with E-state index in [1.807, 2.05) is 31.2 Å². The Morgan fingerprint density at radius 3 is 2.42 bits per heavy atom. The minimum absolute atomic E-state index is 0.0744. The monoisotopic (exact) mass is 334 g/mol. The predicted octanol–water partition coefficient (Wildman–Crippen LogP) is 4.20. The number of benzene rings is 1. The van der Waals surface area contributed by atoms with Gasteiger partial charge in [0.25, 0.3) is 0 Å². The number of aliphatic hydroxyl groups is 1. The van der Waals surface area contributed by atoms with Gasteiger partial charge in [-0.2, -0.15) is 0 Å². The Morgan fingerprint density at radius 2 is 1.83 bits per heavy atom. The van der Waals surface area contributed by atoms with Crippen LogP contribution in [0.4, 0.5) is 0 Å². The number of rotatable bonds is 8. The average Bonchev–Trinajstić information content (AvgIpc) is 2.60. The Morgan fingerprint density at radius 1 is 1.17 bits per heavy atom. The molecule has 0 aromatic heterocycles. The van der Waals surface area contributed by atoms with Gasteiger partial charge in [0.1, 0.15) is 5.75 Å². The van der Waals surface area contributed by atoms with Crippen LogP contribution in [-0.4, -0.2) is 24.3 Å². The van der Waals surface area contributed by atoms with Crippen molar-refractivity contribution in [2.75, 3.05) is 13.2 Å². The van der Waals surface area contributed by atoms with Crippen LogP contribution < -0.4 is 4.74 Å². The van der Waals surface area contributed by atoms with E-state index in [0.717, 1.165) is 30.6 Å². The van der Waals surface area contributed by atoms with Crippen LogP contribution in [0.25, 0.3) is 0 Å². The SMILES string of the molecule is CCCCCOC(=O)C1CCC(O)(c2ccc(OCC)cc2)CC1. The highest BCUT2D eigenvalue weighted by molar-refractivity contribution is 5.72. The number of ether oxygens (including phenoxy) is 2. The van der Waals surface area contributed by atoms with Crippen LogP contribution in [0.5, 0.6) is 5.75 Å². The number of esters is 1. The molecule has 0 spiro atoms. The van der Waals surface area contributed by atoms with Gasteiger partial charge in [-0.05, 0) is 56.7 Å². The van der Waals surface area contributed by atoms with Crippen molar-refractivity contribution in [3.05, 3.63) is 29.8 Å². The molecule has 2 rings (SSSR count). The van der Waals surface area contributed by atoms with Crippen molar-refractivity contribution in [2.24, 2.45) is 5.92 Å². The number of unbranched alkanes of at least 4 members (excludes halogenated alkanes) is 2. The van der Waals surface area contributed by atoms with Gasteiger partial charge in [-0.1, -0.05) is 31.9 Å². The summed E-state index contributed by atoms with van der Waals surface area (Å²) < 4.78 is 10.8. The first-order valence-electron chi connectivity index (χ1n) is 9.21. The zero-order valence-electron chi connectivity index (χ0n) is 14.9. The van der Waals surface area contributed by atoms with Crippen molar-refractivity contribution in [1.29, 1.82) is 0 Å². The first-order chi connectivity index (χ1) is 11.6. The second-order valence-corrected chi connectivity index (χ2v) is 6.64. The molecule has 0 saturated heterocycles. The smallest absolute Gasteiger partial charge is 0.308 e. The molecule has 0 atom stereocenters. The fourth-order valence-corrected chi connectivity index (χ4v) is 3.29. The average molecular weight is 334 g/mol. The predicted molar refractivity (Wildman–Crippen MR) is 93.9 cm³/mol. The molecule has 0 heterocycles. The van der Waals surface area contributed by atoms with E-state index in [9.17, 15) is 9.90 Å². The first-order valence-corrected chi connectivity index (χ1v) is 9.21. The number of hydrogen-bond donors (Lipinski definition) is 1. The van der Waals surface area contributed by atoms with Gasteiger partial charge in [-0.25, -0.2) is 0 Å². The van der Waals surface area contributed by atoms with Crippen LogP contribution in [0, 0.1) is 5.92 Å². The van der Waals surface area contributed by atoms with E-state index in [1.54, 1.807) is 0 Å². The number of hydrogen-bond acceptors (Lipinski definition) is 4. The normalized spacial score (nSPS) is 23.7. The molecule has 1 N–H and O–H groups in total. The molecule has 1 aliphatic carbocycles. The molecule has 0 aliphatic heterocycles. The maximum absolute atomic E-state index is 12.1. The van der Waals surface area contributed by atoms with Gasteiger partial charge >= 0.3 is 5.97 Å². The largest absolute Gasteiger partial charge is 0.494 e. The molecule has 1 aromatic carbocycles.